The molecule has 9 heteroatoms. The highest BCUT2D eigenvalue weighted by Gasteiger charge is 2.27. The first-order chi connectivity index (χ1) is 10.6. The number of amides is 2. The van der Waals surface area contributed by atoms with Crippen LogP contribution in [0.2, 0.25) is 0 Å². The molecule has 0 aliphatic carbocycles. The average molecular weight is 309 g/mol. The molecule has 1 aliphatic rings. The number of imidazole rings is 1. The van der Waals surface area contributed by atoms with Crippen molar-refractivity contribution in [2.24, 2.45) is 0 Å². The number of nitrogens with zero attached hydrogens (tertiary/aromatic N) is 1. The van der Waals surface area contributed by atoms with E-state index in [1.807, 2.05) is 0 Å². The van der Waals surface area contributed by atoms with Crippen LogP contribution in [0.1, 0.15) is 18.5 Å². The zero-order chi connectivity index (χ0) is 15.9. The molecule has 1 aliphatic heterocycles. The molecule has 0 bridgehead atoms. The topological polar surface area (TPSA) is 136 Å². The number of aromatic amines is 1. The van der Waals surface area contributed by atoms with E-state index in [4.69, 9.17) is 5.11 Å². The third-order valence-corrected chi connectivity index (χ3v) is 3.40. The Morgan fingerprint density at radius 1 is 1.45 bits per heavy atom. The average Bonchev–Trinajstić information content (AvgIpc) is 3.16. The van der Waals surface area contributed by atoms with Crippen molar-refractivity contribution < 1.29 is 19.5 Å². The Morgan fingerprint density at radius 3 is 2.86 bits per heavy atom. The van der Waals surface area contributed by atoms with Crippen LogP contribution in [0.3, 0.4) is 0 Å². The lowest BCUT2D eigenvalue weighted by Crippen LogP contribution is -2.53. The van der Waals surface area contributed by atoms with Gasteiger partial charge in [0.2, 0.25) is 11.8 Å². The van der Waals surface area contributed by atoms with Gasteiger partial charge in [-0.3, -0.25) is 14.4 Å². The van der Waals surface area contributed by atoms with E-state index in [2.05, 4.69) is 25.9 Å². The van der Waals surface area contributed by atoms with E-state index in [9.17, 15) is 14.4 Å². The van der Waals surface area contributed by atoms with E-state index in [1.54, 1.807) is 6.20 Å². The van der Waals surface area contributed by atoms with Gasteiger partial charge in [0.15, 0.2) is 0 Å². The molecule has 120 valence electrons. The van der Waals surface area contributed by atoms with Crippen molar-refractivity contribution in [2.75, 3.05) is 13.1 Å². The smallest absolute Gasteiger partial charge is 0.322 e. The SMILES string of the molecule is O=C(O)CNC(=O)[C@@H](Cc1cnc[nH]1)NC(=O)[C@H]1CCCN1. The summed E-state index contributed by atoms with van der Waals surface area (Å²) in [6.45, 7) is 0.282. The molecular formula is C13H19N5O4. The molecule has 0 saturated carbocycles. The van der Waals surface area contributed by atoms with Crippen LogP contribution in [-0.2, 0) is 20.8 Å². The van der Waals surface area contributed by atoms with Crippen LogP contribution < -0.4 is 16.0 Å². The van der Waals surface area contributed by atoms with Crippen molar-refractivity contribution >= 4 is 17.8 Å². The van der Waals surface area contributed by atoms with Crippen LogP contribution in [-0.4, -0.2) is 58.0 Å². The summed E-state index contributed by atoms with van der Waals surface area (Å²) in [7, 11) is 0. The number of carbonyl (C=O) groups excluding carboxylic acids is 2. The summed E-state index contributed by atoms with van der Waals surface area (Å²) < 4.78 is 0. The summed E-state index contributed by atoms with van der Waals surface area (Å²) in [5.41, 5.74) is 0.676. The standard InChI is InChI=1S/C13H19N5O4/c19-11(20)6-16-12(21)10(4-8-5-14-7-17-8)18-13(22)9-2-1-3-15-9/h5,7,9-10,15H,1-4,6H2,(H,14,17)(H,16,21)(H,18,22)(H,19,20)/t9-,10-/m1/s1. The van der Waals surface area contributed by atoms with E-state index in [0.29, 0.717) is 5.69 Å². The normalized spacial score (nSPS) is 18.6. The molecule has 1 fully saturated rings. The summed E-state index contributed by atoms with van der Waals surface area (Å²) in [5, 5.41) is 16.6. The largest absolute Gasteiger partial charge is 0.480 e. The van der Waals surface area contributed by atoms with Gasteiger partial charge in [0.1, 0.15) is 12.6 Å². The van der Waals surface area contributed by atoms with Gasteiger partial charge in [0, 0.05) is 18.3 Å². The number of rotatable bonds is 7. The van der Waals surface area contributed by atoms with Gasteiger partial charge in [-0.25, -0.2) is 4.98 Å². The third-order valence-electron chi connectivity index (χ3n) is 3.40. The van der Waals surface area contributed by atoms with Crippen molar-refractivity contribution in [1.82, 2.24) is 25.9 Å². The van der Waals surface area contributed by atoms with Crippen LogP contribution in [0, 0.1) is 0 Å². The van der Waals surface area contributed by atoms with Crippen LogP contribution >= 0.6 is 0 Å². The lowest BCUT2D eigenvalue weighted by atomic mass is 10.1. The van der Waals surface area contributed by atoms with E-state index < -0.39 is 24.5 Å². The summed E-state index contributed by atoms with van der Waals surface area (Å²) >= 11 is 0. The van der Waals surface area contributed by atoms with E-state index >= 15 is 0 Å². The first kappa shape index (κ1) is 16.0. The number of hydrogen-bond acceptors (Lipinski definition) is 5. The number of hydrogen-bond donors (Lipinski definition) is 5. The first-order valence-corrected chi connectivity index (χ1v) is 7.07. The van der Waals surface area contributed by atoms with Crippen molar-refractivity contribution in [2.45, 2.75) is 31.3 Å². The maximum absolute atomic E-state index is 12.1. The Morgan fingerprint density at radius 2 is 2.27 bits per heavy atom. The van der Waals surface area contributed by atoms with Crippen molar-refractivity contribution in [3.63, 3.8) is 0 Å². The van der Waals surface area contributed by atoms with Gasteiger partial charge in [0.25, 0.3) is 0 Å². The van der Waals surface area contributed by atoms with E-state index in [1.165, 1.54) is 6.33 Å². The highest BCUT2D eigenvalue weighted by molar-refractivity contribution is 5.91. The van der Waals surface area contributed by atoms with Crippen LogP contribution in [0.4, 0.5) is 0 Å². The van der Waals surface area contributed by atoms with Gasteiger partial charge in [0.05, 0.1) is 12.4 Å². The van der Waals surface area contributed by atoms with Crippen LogP contribution in [0.25, 0.3) is 0 Å². The maximum Gasteiger partial charge on any atom is 0.322 e. The summed E-state index contributed by atoms with van der Waals surface area (Å²) in [5.74, 6) is -1.94. The van der Waals surface area contributed by atoms with Gasteiger partial charge in [-0.05, 0) is 19.4 Å². The highest BCUT2D eigenvalue weighted by Crippen LogP contribution is 2.06. The van der Waals surface area contributed by atoms with Crippen molar-refractivity contribution in [3.05, 3.63) is 18.2 Å². The molecule has 2 atom stereocenters. The molecule has 0 spiro atoms. The second-order valence-electron chi connectivity index (χ2n) is 5.10. The molecule has 2 rings (SSSR count). The molecule has 2 amide bonds. The predicted molar refractivity (Wildman–Crippen MR) is 75.9 cm³/mol. The molecule has 0 unspecified atom stereocenters. The van der Waals surface area contributed by atoms with Gasteiger partial charge >= 0.3 is 5.97 Å². The Kier molecular flexibility index (Phi) is 5.48. The van der Waals surface area contributed by atoms with Gasteiger partial charge < -0.3 is 26.0 Å². The number of carboxylic acid groups (broad SMARTS) is 1. The fourth-order valence-corrected chi connectivity index (χ4v) is 2.29. The van der Waals surface area contributed by atoms with Gasteiger partial charge in [-0.1, -0.05) is 0 Å². The molecule has 5 N–H and O–H groups in total. The fraction of sp³-hybridized carbons (Fsp3) is 0.538. The second-order valence-corrected chi connectivity index (χ2v) is 5.10. The monoisotopic (exact) mass is 309 g/mol. The first-order valence-electron chi connectivity index (χ1n) is 7.07. The molecule has 9 nitrogen and oxygen atoms in total. The maximum atomic E-state index is 12.1. The summed E-state index contributed by atoms with van der Waals surface area (Å²) in [6.07, 6.45) is 4.87. The van der Waals surface area contributed by atoms with E-state index in [0.717, 1.165) is 19.4 Å². The number of carboxylic acids is 1. The fourth-order valence-electron chi connectivity index (χ4n) is 2.29. The Labute approximate surface area is 126 Å². The molecule has 1 aromatic rings. The lowest BCUT2D eigenvalue weighted by molar-refractivity contribution is -0.138. The summed E-state index contributed by atoms with van der Waals surface area (Å²) in [6, 6.07) is -1.16. The molecule has 1 aromatic heterocycles. The number of aromatic nitrogens is 2. The molecule has 0 radical (unpaired) electrons. The lowest BCUT2D eigenvalue weighted by Gasteiger charge is -2.19. The number of carbonyl (C=O) groups is 3. The van der Waals surface area contributed by atoms with Gasteiger partial charge in [-0.2, -0.15) is 0 Å². The Bertz CT molecular complexity index is 525. The molecule has 1 saturated heterocycles. The predicted octanol–water partition coefficient (Wildman–Crippen LogP) is -1.61. The van der Waals surface area contributed by atoms with Crippen molar-refractivity contribution in [3.8, 4) is 0 Å². The molecule has 0 aromatic carbocycles. The summed E-state index contributed by atoms with van der Waals surface area (Å²) in [4.78, 5) is 41.5. The number of nitrogens with one attached hydrogen (secondary N) is 4. The minimum Gasteiger partial charge on any atom is -0.480 e. The Hall–Kier alpha value is -2.42. The zero-order valence-electron chi connectivity index (χ0n) is 12.0. The zero-order valence-corrected chi connectivity index (χ0v) is 12.0. The number of H-pyrrole nitrogens is 1. The number of aliphatic carboxylic acids is 1. The quantitative estimate of drug-likeness (QED) is 0.411. The Balaban J connectivity index is 1.98. The van der Waals surface area contributed by atoms with Crippen molar-refractivity contribution in [1.29, 1.82) is 0 Å². The molecular weight excluding hydrogens is 290 g/mol. The molecule has 22 heavy (non-hydrogen) atoms. The third kappa shape index (κ3) is 4.55. The van der Waals surface area contributed by atoms with Crippen LogP contribution in [0.5, 0.6) is 0 Å². The minimum atomic E-state index is -1.14. The molecule has 2 heterocycles. The highest BCUT2D eigenvalue weighted by atomic mass is 16.4. The second kappa shape index (κ2) is 7.55. The van der Waals surface area contributed by atoms with E-state index in [-0.39, 0.29) is 18.4 Å². The minimum absolute atomic E-state index is 0.212. The van der Waals surface area contributed by atoms with Crippen LogP contribution in [0.15, 0.2) is 12.5 Å². The van der Waals surface area contributed by atoms with Gasteiger partial charge in [-0.15, -0.1) is 0 Å².